The van der Waals surface area contributed by atoms with E-state index in [0.717, 1.165) is 6.92 Å². The van der Waals surface area contributed by atoms with Crippen LogP contribution in [0.1, 0.15) is 27.7 Å². The summed E-state index contributed by atoms with van der Waals surface area (Å²) in [6.45, 7) is 5.84. The van der Waals surface area contributed by atoms with Gasteiger partial charge in [-0.05, 0) is 5.92 Å². The smallest absolute Gasteiger partial charge is 0.327 e. The van der Waals surface area contributed by atoms with Crippen molar-refractivity contribution in [3.05, 3.63) is 0 Å². The van der Waals surface area contributed by atoms with Crippen LogP contribution in [-0.2, 0) is 19.2 Å². The molecule has 0 spiro atoms. The van der Waals surface area contributed by atoms with Crippen LogP contribution >= 0.6 is 11.8 Å². The third-order valence-electron chi connectivity index (χ3n) is 4.18. The number of carboxylic acid groups (broad SMARTS) is 1. The van der Waals surface area contributed by atoms with Gasteiger partial charge >= 0.3 is 5.97 Å². The van der Waals surface area contributed by atoms with Crippen molar-refractivity contribution in [3.8, 4) is 0 Å². The van der Waals surface area contributed by atoms with E-state index < -0.39 is 58.5 Å². The molecule has 1 saturated heterocycles. The quantitative estimate of drug-likeness (QED) is 0.368. The predicted molar refractivity (Wildman–Crippen MR) is 89.6 cm³/mol. The van der Waals surface area contributed by atoms with Crippen LogP contribution in [0.5, 0.6) is 0 Å². The first kappa shape index (κ1) is 21.4. The van der Waals surface area contributed by atoms with Gasteiger partial charge in [0.25, 0.3) is 0 Å². The van der Waals surface area contributed by atoms with E-state index in [2.05, 4.69) is 10.6 Å². The summed E-state index contributed by atoms with van der Waals surface area (Å²) < 4.78 is 0. The molecule has 1 rings (SSSR count). The highest BCUT2D eigenvalue weighted by Gasteiger charge is 2.60. The zero-order chi connectivity index (χ0) is 19.5. The Morgan fingerprint density at radius 2 is 1.92 bits per heavy atom. The van der Waals surface area contributed by atoms with Crippen LogP contribution in [0.4, 0.5) is 0 Å². The third kappa shape index (κ3) is 4.31. The molecular formula is C15H24N2O7S. The molecule has 0 bridgehead atoms. The molecule has 2 amide bonds. The van der Waals surface area contributed by atoms with Crippen molar-refractivity contribution in [1.82, 2.24) is 10.6 Å². The number of thioether (sulfide) groups is 1. The number of aliphatic hydroxyl groups excluding tert-OH is 2. The highest BCUT2D eigenvalue weighted by atomic mass is 32.2. The van der Waals surface area contributed by atoms with Crippen LogP contribution in [0.3, 0.4) is 0 Å². The third-order valence-corrected chi connectivity index (χ3v) is 5.28. The van der Waals surface area contributed by atoms with Crippen LogP contribution < -0.4 is 10.6 Å². The molecule has 5 N–H and O–H groups in total. The molecule has 1 heterocycles. The molecule has 1 aliphatic rings. The molecule has 5 atom stereocenters. The van der Waals surface area contributed by atoms with Crippen LogP contribution in [0.25, 0.3) is 0 Å². The van der Waals surface area contributed by atoms with E-state index in [4.69, 9.17) is 5.11 Å². The van der Waals surface area contributed by atoms with E-state index in [1.807, 2.05) is 0 Å². The number of hydrogen-bond donors (Lipinski definition) is 5. The van der Waals surface area contributed by atoms with E-state index in [1.165, 1.54) is 6.92 Å². The van der Waals surface area contributed by atoms with Crippen LogP contribution in [0.2, 0.25) is 0 Å². The van der Waals surface area contributed by atoms with E-state index in [1.54, 1.807) is 13.8 Å². The first-order valence-corrected chi connectivity index (χ1v) is 8.79. The van der Waals surface area contributed by atoms with Gasteiger partial charge in [-0.1, -0.05) is 32.5 Å². The number of carbonyl (C=O) groups excluding carboxylic acids is 3. The van der Waals surface area contributed by atoms with E-state index >= 15 is 0 Å². The lowest BCUT2D eigenvalue weighted by Crippen LogP contribution is -2.64. The second-order valence-corrected chi connectivity index (χ2v) is 7.46. The number of aliphatic carboxylic acids is 1. The molecule has 142 valence electrons. The van der Waals surface area contributed by atoms with Gasteiger partial charge in [0.1, 0.15) is 6.04 Å². The van der Waals surface area contributed by atoms with Gasteiger partial charge in [0, 0.05) is 12.7 Å². The Balaban J connectivity index is 3.04. The molecule has 1 fully saturated rings. The lowest BCUT2D eigenvalue weighted by Gasteiger charge is -2.37. The molecule has 0 aliphatic carbocycles. The number of hydrogen-bond acceptors (Lipinski definition) is 7. The normalized spacial score (nSPS) is 28.4. The van der Waals surface area contributed by atoms with Crippen molar-refractivity contribution in [2.75, 3.05) is 5.75 Å². The van der Waals surface area contributed by atoms with Crippen LogP contribution in [-0.4, -0.2) is 67.8 Å². The number of nitrogens with one attached hydrogen (secondary N) is 2. The Hall–Kier alpha value is -1.65. The maximum atomic E-state index is 12.8. The van der Waals surface area contributed by atoms with Crippen molar-refractivity contribution < 1.29 is 34.5 Å². The molecule has 5 unspecified atom stereocenters. The fraction of sp³-hybridized carbons (Fsp3) is 0.733. The second-order valence-electron chi connectivity index (χ2n) is 6.47. The number of aliphatic hydroxyl groups is 2. The fourth-order valence-corrected chi connectivity index (χ4v) is 3.77. The lowest BCUT2D eigenvalue weighted by molar-refractivity contribution is -0.140. The maximum absolute atomic E-state index is 12.8. The molecule has 9 nitrogen and oxygen atoms in total. The number of amides is 2. The summed E-state index contributed by atoms with van der Waals surface area (Å²) in [5.41, 5.74) is -1.92. The molecule has 25 heavy (non-hydrogen) atoms. The molecule has 0 aromatic heterocycles. The Morgan fingerprint density at radius 1 is 1.36 bits per heavy atom. The molecule has 0 saturated carbocycles. The molecule has 0 radical (unpaired) electrons. The zero-order valence-electron chi connectivity index (χ0n) is 14.5. The van der Waals surface area contributed by atoms with Gasteiger partial charge in [-0.15, -0.1) is 0 Å². The van der Waals surface area contributed by atoms with Crippen molar-refractivity contribution >= 4 is 34.7 Å². The second kappa shape index (κ2) is 8.15. The first-order valence-electron chi connectivity index (χ1n) is 7.80. The standard InChI is InChI=1S/C15H24N2O7S/c1-6(2)10(19)15(11(20)7(3)12(21)17-15)14(24)25-5-9(13(22)23)16-8(4)18/h6-7,9-11,19-20H,5H2,1-4H3,(H,16,18)(H,17,21)(H,22,23). The zero-order valence-corrected chi connectivity index (χ0v) is 15.3. The Bertz CT molecular complexity index is 568. The van der Waals surface area contributed by atoms with E-state index in [0.29, 0.717) is 11.8 Å². The Kier molecular flexibility index (Phi) is 6.98. The summed E-state index contributed by atoms with van der Waals surface area (Å²) in [5, 5.41) is 33.8. The Morgan fingerprint density at radius 3 is 2.28 bits per heavy atom. The largest absolute Gasteiger partial charge is 0.480 e. The minimum atomic E-state index is -1.92. The van der Waals surface area contributed by atoms with E-state index in [-0.39, 0.29) is 5.75 Å². The number of carboxylic acids is 1. The number of carbonyl (C=O) groups is 4. The maximum Gasteiger partial charge on any atom is 0.327 e. The van der Waals surface area contributed by atoms with E-state index in [9.17, 15) is 29.4 Å². The number of rotatable bonds is 7. The topological polar surface area (TPSA) is 153 Å². The van der Waals surface area contributed by atoms with Crippen LogP contribution in [0, 0.1) is 11.8 Å². The minimum absolute atomic E-state index is 0.308. The van der Waals surface area contributed by atoms with Gasteiger partial charge in [0.15, 0.2) is 5.54 Å². The summed E-state index contributed by atoms with van der Waals surface area (Å²) in [6, 6.07) is -1.31. The van der Waals surface area contributed by atoms with Gasteiger partial charge in [0.2, 0.25) is 16.9 Å². The van der Waals surface area contributed by atoms with Crippen molar-refractivity contribution in [1.29, 1.82) is 0 Å². The first-order chi connectivity index (χ1) is 11.4. The van der Waals surface area contributed by atoms with Gasteiger partial charge < -0.3 is 26.0 Å². The van der Waals surface area contributed by atoms with Gasteiger partial charge in [-0.25, -0.2) is 4.79 Å². The van der Waals surface area contributed by atoms with Crippen molar-refractivity contribution in [3.63, 3.8) is 0 Å². The summed E-state index contributed by atoms with van der Waals surface area (Å²) >= 11 is 0.535. The van der Waals surface area contributed by atoms with Crippen LogP contribution in [0.15, 0.2) is 0 Å². The Labute approximate surface area is 149 Å². The predicted octanol–water partition coefficient (Wildman–Crippen LogP) is -1.28. The van der Waals surface area contributed by atoms with Gasteiger partial charge in [-0.2, -0.15) is 0 Å². The average Bonchev–Trinajstić information content (AvgIpc) is 2.74. The monoisotopic (exact) mass is 376 g/mol. The highest BCUT2D eigenvalue weighted by molar-refractivity contribution is 8.13. The lowest BCUT2D eigenvalue weighted by atomic mass is 9.81. The summed E-state index contributed by atoms with van der Waals surface area (Å²) in [7, 11) is 0. The fourth-order valence-electron chi connectivity index (χ4n) is 2.70. The molecule has 10 heteroatoms. The molecule has 0 aromatic rings. The minimum Gasteiger partial charge on any atom is -0.480 e. The summed E-state index contributed by atoms with van der Waals surface area (Å²) in [5.74, 6) is -4.12. The summed E-state index contributed by atoms with van der Waals surface area (Å²) in [6.07, 6.45) is -2.82. The molecular weight excluding hydrogens is 352 g/mol. The highest BCUT2D eigenvalue weighted by Crippen LogP contribution is 2.36. The van der Waals surface area contributed by atoms with Crippen molar-refractivity contribution in [2.24, 2.45) is 11.8 Å². The van der Waals surface area contributed by atoms with Gasteiger partial charge in [-0.3, -0.25) is 14.4 Å². The SMILES string of the molecule is CC(=O)NC(CSC(=O)C1(C(O)C(C)C)NC(=O)C(C)C1O)C(=O)O. The molecule has 1 aliphatic heterocycles. The van der Waals surface area contributed by atoms with Crippen molar-refractivity contribution in [2.45, 2.75) is 51.5 Å². The summed E-state index contributed by atoms with van der Waals surface area (Å²) in [4.78, 5) is 46.9. The molecule has 0 aromatic carbocycles. The van der Waals surface area contributed by atoms with Gasteiger partial charge in [0.05, 0.1) is 18.1 Å². The average molecular weight is 376 g/mol.